The topological polar surface area (TPSA) is 55.1 Å². The van der Waals surface area contributed by atoms with Crippen LogP contribution in [0.1, 0.15) is 57.6 Å². The lowest BCUT2D eigenvalue weighted by Crippen LogP contribution is -2.45. The van der Waals surface area contributed by atoms with Crippen molar-refractivity contribution in [2.24, 2.45) is 17.6 Å². The maximum Gasteiger partial charge on any atom is 0.224 e. The molecule has 1 saturated carbocycles. The van der Waals surface area contributed by atoms with E-state index in [1.807, 2.05) is 37.3 Å². The second kappa shape index (κ2) is 7.60. The van der Waals surface area contributed by atoms with Crippen molar-refractivity contribution < 1.29 is 4.79 Å². The van der Waals surface area contributed by atoms with E-state index in [2.05, 4.69) is 12.2 Å². The molecule has 1 aromatic carbocycles. The second-order valence-corrected chi connectivity index (χ2v) is 6.29. The summed E-state index contributed by atoms with van der Waals surface area (Å²) in [4.78, 5) is 12.5. The Labute approximate surface area is 128 Å². The second-order valence-electron chi connectivity index (χ2n) is 6.29. The van der Waals surface area contributed by atoms with Gasteiger partial charge in [0.1, 0.15) is 0 Å². The summed E-state index contributed by atoms with van der Waals surface area (Å²) in [6.45, 7) is 4.14. The van der Waals surface area contributed by atoms with Crippen molar-refractivity contribution in [2.45, 2.75) is 58.0 Å². The van der Waals surface area contributed by atoms with E-state index < -0.39 is 0 Å². The molecule has 21 heavy (non-hydrogen) atoms. The zero-order valence-electron chi connectivity index (χ0n) is 13.2. The Hall–Kier alpha value is -1.35. The zero-order chi connectivity index (χ0) is 15.2. The van der Waals surface area contributed by atoms with Gasteiger partial charge in [0, 0.05) is 12.1 Å². The molecule has 0 spiro atoms. The molecule has 0 aromatic heterocycles. The van der Waals surface area contributed by atoms with Crippen molar-refractivity contribution in [3.8, 4) is 0 Å². The van der Waals surface area contributed by atoms with Crippen molar-refractivity contribution in [1.29, 1.82) is 0 Å². The third-order valence-corrected chi connectivity index (χ3v) is 4.90. The summed E-state index contributed by atoms with van der Waals surface area (Å²) in [5, 5.41) is 3.25. The predicted octanol–water partition coefficient (Wildman–Crippen LogP) is 3.41. The first kappa shape index (κ1) is 16.0. The minimum atomic E-state index is -0.241. The molecule has 0 heterocycles. The van der Waals surface area contributed by atoms with E-state index in [1.54, 1.807) is 0 Å². The zero-order valence-corrected chi connectivity index (χ0v) is 13.2. The largest absolute Gasteiger partial charge is 0.353 e. The van der Waals surface area contributed by atoms with Gasteiger partial charge >= 0.3 is 0 Å². The average molecular weight is 288 g/mol. The van der Waals surface area contributed by atoms with Crippen molar-refractivity contribution in [2.75, 3.05) is 0 Å². The van der Waals surface area contributed by atoms with Gasteiger partial charge in [-0.25, -0.2) is 0 Å². The summed E-state index contributed by atoms with van der Waals surface area (Å²) in [5.74, 6) is 0.520. The molecule has 1 fully saturated rings. The Morgan fingerprint density at radius 3 is 2.62 bits per heavy atom. The molecule has 0 aliphatic heterocycles. The molecular formula is C18H28N2O. The average Bonchev–Trinajstić information content (AvgIpc) is 2.54. The van der Waals surface area contributed by atoms with Crippen LogP contribution >= 0.6 is 0 Å². The lowest BCUT2D eigenvalue weighted by atomic mass is 9.82. The number of hydrogen-bond acceptors (Lipinski definition) is 2. The Morgan fingerprint density at radius 1 is 1.29 bits per heavy atom. The van der Waals surface area contributed by atoms with Crippen LogP contribution in [0, 0.1) is 11.8 Å². The number of nitrogens with one attached hydrogen (secondary N) is 1. The minimum absolute atomic E-state index is 0.0942. The highest BCUT2D eigenvalue weighted by molar-refractivity contribution is 5.79. The summed E-state index contributed by atoms with van der Waals surface area (Å²) >= 11 is 0. The molecule has 3 N–H and O–H groups in total. The molecule has 3 heteroatoms. The van der Waals surface area contributed by atoms with E-state index in [-0.39, 0.29) is 17.9 Å². The first-order valence-corrected chi connectivity index (χ1v) is 8.24. The quantitative estimate of drug-likeness (QED) is 0.872. The molecule has 1 amide bonds. The SMILES string of the molecule is CCC1CCCCC1NC(=O)C(C)C(N)c1ccccc1. The van der Waals surface area contributed by atoms with Gasteiger partial charge in [0.2, 0.25) is 5.91 Å². The fraction of sp³-hybridized carbons (Fsp3) is 0.611. The van der Waals surface area contributed by atoms with Crippen molar-refractivity contribution >= 4 is 5.91 Å². The minimum Gasteiger partial charge on any atom is -0.353 e. The normalized spacial score (nSPS) is 25.1. The van der Waals surface area contributed by atoms with Crippen LogP contribution in [0.2, 0.25) is 0 Å². The number of nitrogens with two attached hydrogens (primary N) is 1. The van der Waals surface area contributed by atoms with Crippen LogP contribution in [0.4, 0.5) is 0 Å². The predicted molar refractivity (Wildman–Crippen MR) is 86.7 cm³/mol. The number of amides is 1. The summed E-state index contributed by atoms with van der Waals surface area (Å²) in [6.07, 6.45) is 6.01. The third kappa shape index (κ3) is 4.07. The van der Waals surface area contributed by atoms with Crippen molar-refractivity contribution in [3.05, 3.63) is 35.9 Å². The molecule has 1 aromatic rings. The Bertz CT molecular complexity index is 446. The van der Waals surface area contributed by atoms with Gasteiger partial charge < -0.3 is 11.1 Å². The summed E-state index contributed by atoms with van der Waals surface area (Å²) in [6, 6.07) is 9.97. The Morgan fingerprint density at radius 2 is 1.95 bits per heavy atom. The van der Waals surface area contributed by atoms with Gasteiger partial charge in [0.25, 0.3) is 0 Å². The Kier molecular flexibility index (Phi) is 5.80. The summed E-state index contributed by atoms with van der Waals surface area (Å²) < 4.78 is 0. The summed E-state index contributed by atoms with van der Waals surface area (Å²) in [5.41, 5.74) is 7.27. The van der Waals surface area contributed by atoms with E-state index in [9.17, 15) is 4.79 Å². The highest BCUT2D eigenvalue weighted by Gasteiger charge is 2.28. The van der Waals surface area contributed by atoms with Crippen LogP contribution in [-0.2, 0) is 4.79 Å². The van der Waals surface area contributed by atoms with Crippen LogP contribution < -0.4 is 11.1 Å². The van der Waals surface area contributed by atoms with Crippen molar-refractivity contribution in [1.82, 2.24) is 5.32 Å². The number of benzene rings is 1. The number of hydrogen-bond donors (Lipinski definition) is 2. The number of carbonyl (C=O) groups is 1. The number of rotatable bonds is 5. The maximum atomic E-state index is 12.5. The first-order valence-electron chi connectivity index (χ1n) is 8.24. The molecular weight excluding hydrogens is 260 g/mol. The van der Waals surface area contributed by atoms with Crippen LogP contribution in [0.5, 0.6) is 0 Å². The molecule has 2 rings (SSSR count). The van der Waals surface area contributed by atoms with Gasteiger partial charge in [-0.2, -0.15) is 0 Å². The van der Waals surface area contributed by atoms with Gasteiger partial charge in [0.05, 0.1) is 5.92 Å². The van der Waals surface area contributed by atoms with Crippen LogP contribution in [0.3, 0.4) is 0 Å². The van der Waals surface area contributed by atoms with E-state index >= 15 is 0 Å². The van der Waals surface area contributed by atoms with Crippen LogP contribution in [0.25, 0.3) is 0 Å². The Balaban J connectivity index is 1.95. The van der Waals surface area contributed by atoms with E-state index in [1.165, 1.54) is 19.3 Å². The lowest BCUT2D eigenvalue weighted by molar-refractivity contribution is -0.126. The molecule has 3 nitrogen and oxygen atoms in total. The van der Waals surface area contributed by atoms with Gasteiger partial charge in [-0.15, -0.1) is 0 Å². The van der Waals surface area contributed by atoms with Gasteiger partial charge in [-0.3, -0.25) is 4.79 Å². The molecule has 0 saturated heterocycles. The molecule has 1 aliphatic rings. The third-order valence-electron chi connectivity index (χ3n) is 4.90. The lowest BCUT2D eigenvalue weighted by Gasteiger charge is -2.33. The molecule has 1 aliphatic carbocycles. The van der Waals surface area contributed by atoms with E-state index in [4.69, 9.17) is 5.73 Å². The van der Waals surface area contributed by atoms with Gasteiger partial charge in [0.15, 0.2) is 0 Å². The highest BCUT2D eigenvalue weighted by Crippen LogP contribution is 2.27. The van der Waals surface area contributed by atoms with E-state index in [0.717, 1.165) is 18.4 Å². The van der Waals surface area contributed by atoms with Gasteiger partial charge in [-0.1, -0.05) is 63.4 Å². The molecule has 4 unspecified atom stereocenters. The standard InChI is InChI=1S/C18H28N2O/c1-3-14-9-7-8-12-16(14)20-18(21)13(2)17(19)15-10-5-4-6-11-15/h4-6,10-11,13-14,16-17H,3,7-9,12,19H2,1-2H3,(H,20,21). The van der Waals surface area contributed by atoms with E-state index in [0.29, 0.717) is 12.0 Å². The van der Waals surface area contributed by atoms with Crippen molar-refractivity contribution in [3.63, 3.8) is 0 Å². The molecule has 0 radical (unpaired) electrons. The monoisotopic (exact) mass is 288 g/mol. The molecule has 0 bridgehead atoms. The highest BCUT2D eigenvalue weighted by atomic mass is 16.2. The fourth-order valence-electron chi connectivity index (χ4n) is 3.33. The van der Waals surface area contributed by atoms with Crippen LogP contribution in [0.15, 0.2) is 30.3 Å². The molecule has 116 valence electrons. The number of carbonyl (C=O) groups excluding carboxylic acids is 1. The fourth-order valence-corrected chi connectivity index (χ4v) is 3.33. The van der Waals surface area contributed by atoms with Gasteiger partial charge in [-0.05, 0) is 24.3 Å². The summed E-state index contributed by atoms with van der Waals surface area (Å²) in [7, 11) is 0. The smallest absolute Gasteiger partial charge is 0.224 e. The van der Waals surface area contributed by atoms with Crippen LogP contribution in [-0.4, -0.2) is 11.9 Å². The molecule has 4 atom stereocenters. The maximum absolute atomic E-state index is 12.5. The first-order chi connectivity index (χ1) is 10.1.